The van der Waals surface area contributed by atoms with Crippen LogP contribution >= 0.6 is 0 Å². The molecule has 4 heteroatoms. The summed E-state index contributed by atoms with van der Waals surface area (Å²) in [7, 11) is 0. The number of aliphatic hydroxyl groups is 1. The molecule has 22 heavy (non-hydrogen) atoms. The number of ether oxygens (including phenoxy) is 1. The second-order valence-corrected chi connectivity index (χ2v) is 6.03. The topological polar surface area (TPSA) is 70.3 Å². The first-order valence-electron chi connectivity index (χ1n) is 7.85. The molecular weight excluding hydrogens is 278 g/mol. The monoisotopic (exact) mass is 297 g/mol. The number of aliphatic hydroxyl groups excluding tert-OH is 1. The molecule has 1 heterocycles. The fourth-order valence-electron chi connectivity index (χ4n) is 3.39. The van der Waals surface area contributed by atoms with Crippen LogP contribution in [-0.2, 0) is 9.53 Å². The van der Waals surface area contributed by atoms with Crippen molar-refractivity contribution in [1.82, 2.24) is 0 Å². The lowest BCUT2D eigenvalue weighted by molar-refractivity contribution is -0.140. The van der Waals surface area contributed by atoms with E-state index in [1.807, 2.05) is 6.07 Å². The highest BCUT2D eigenvalue weighted by atomic mass is 16.6. The van der Waals surface area contributed by atoms with Crippen molar-refractivity contribution in [2.75, 3.05) is 0 Å². The summed E-state index contributed by atoms with van der Waals surface area (Å²) in [6, 6.07) is 8.68. The molecule has 1 saturated carbocycles. The Kier molecular flexibility index (Phi) is 4.15. The summed E-state index contributed by atoms with van der Waals surface area (Å²) in [4.78, 5) is 12.2. The number of carbonyl (C=O) groups is 1. The van der Waals surface area contributed by atoms with E-state index in [4.69, 9.17) is 10.00 Å². The molecule has 1 unspecified atom stereocenters. The fourth-order valence-corrected chi connectivity index (χ4v) is 3.39. The van der Waals surface area contributed by atoms with E-state index in [1.54, 1.807) is 24.3 Å². The van der Waals surface area contributed by atoms with Crippen LogP contribution in [0.5, 0.6) is 0 Å². The Morgan fingerprint density at radius 1 is 1.09 bits per heavy atom. The molecule has 1 aromatic carbocycles. The Morgan fingerprint density at radius 3 is 2.32 bits per heavy atom. The van der Waals surface area contributed by atoms with E-state index in [-0.39, 0.29) is 17.3 Å². The van der Waals surface area contributed by atoms with Crippen LogP contribution in [0.4, 0.5) is 0 Å². The van der Waals surface area contributed by atoms with Crippen molar-refractivity contribution in [3.63, 3.8) is 0 Å². The van der Waals surface area contributed by atoms with E-state index in [1.165, 1.54) is 12.8 Å². The standard InChI is InChI=1S/C18H19NO3/c19-11-12-7-9-13(10-8-12)15-16(20)17(22-18(15)21)14-5-3-1-2-4-6-14/h7-10,14,17,20H,1-6H2. The molecule has 4 nitrogen and oxygen atoms in total. The van der Waals surface area contributed by atoms with Gasteiger partial charge in [-0.15, -0.1) is 0 Å². The minimum absolute atomic E-state index is 0.0570. The molecule has 3 rings (SSSR count). The third kappa shape index (κ3) is 2.71. The molecule has 1 N–H and O–H groups in total. The van der Waals surface area contributed by atoms with Crippen molar-refractivity contribution in [2.45, 2.75) is 44.6 Å². The quantitative estimate of drug-likeness (QED) is 0.667. The molecule has 1 atom stereocenters. The third-order valence-electron chi connectivity index (χ3n) is 4.59. The molecule has 0 saturated heterocycles. The van der Waals surface area contributed by atoms with Crippen LogP contribution in [0.3, 0.4) is 0 Å². The Labute approximate surface area is 130 Å². The normalized spacial score (nSPS) is 23.0. The highest BCUT2D eigenvalue weighted by Crippen LogP contribution is 2.37. The molecule has 1 aliphatic heterocycles. The average Bonchev–Trinajstić information content (AvgIpc) is 2.74. The molecular formula is C18H19NO3. The number of rotatable bonds is 2. The van der Waals surface area contributed by atoms with E-state index in [0.29, 0.717) is 11.1 Å². The SMILES string of the molecule is N#Cc1ccc(C2=C(O)C(C3CCCCCC3)OC2=O)cc1. The molecule has 114 valence electrons. The van der Waals surface area contributed by atoms with Crippen LogP contribution in [-0.4, -0.2) is 17.2 Å². The Balaban J connectivity index is 1.88. The van der Waals surface area contributed by atoms with Crippen molar-refractivity contribution in [1.29, 1.82) is 5.26 Å². The summed E-state index contributed by atoms with van der Waals surface area (Å²) in [5, 5.41) is 19.3. The van der Waals surface area contributed by atoms with Crippen molar-refractivity contribution in [3.8, 4) is 6.07 Å². The molecule has 1 fully saturated rings. The van der Waals surface area contributed by atoms with E-state index >= 15 is 0 Å². The van der Waals surface area contributed by atoms with Gasteiger partial charge in [-0.25, -0.2) is 4.79 Å². The molecule has 0 bridgehead atoms. The van der Waals surface area contributed by atoms with Gasteiger partial charge in [-0.2, -0.15) is 5.26 Å². The van der Waals surface area contributed by atoms with Gasteiger partial charge in [0.2, 0.25) is 0 Å². The zero-order chi connectivity index (χ0) is 15.5. The number of cyclic esters (lactones) is 1. The largest absolute Gasteiger partial charge is 0.507 e. The van der Waals surface area contributed by atoms with Gasteiger partial charge in [0, 0.05) is 5.92 Å². The molecule has 1 aromatic rings. The minimum Gasteiger partial charge on any atom is -0.507 e. The maximum atomic E-state index is 12.2. The lowest BCUT2D eigenvalue weighted by atomic mass is 9.91. The molecule has 0 spiro atoms. The van der Waals surface area contributed by atoms with Crippen LogP contribution in [0.1, 0.15) is 49.7 Å². The van der Waals surface area contributed by atoms with Gasteiger partial charge in [0.1, 0.15) is 11.3 Å². The first kappa shape index (κ1) is 14.6. The number of carbonyl (C=O) groups excluding carboxylic acids is 1. The summed E-state index contributed by atoms with van der Waals surface area (Å²) in [5.74, 6) is -0.194. The lowest BCUT2D eigenvalue weighted by Gasteiger charge is -2.20. The van der Waals surface area contributed by atoms with E-state index in [0.717, 1.165) is 25.7 Å². The number of nitrogens with zero attached hydrogens (tertiary/aromatic N) is 1. The Morgan fingerprint density at radius 2 is 1.73 bits per heavy atom. The fraction of sp³-hybridized carbons (Fsp3) is 0.444. The molecule has 0 amide bonds. The van der Waals surface area contributed by atoms with Gasteiger partial charge in [-0.1, -0.05) is 37.8 Å². The predicted octanol–water partition coefficient (Wildman–Crippen LogP) is 3.72. The van der Waals surface area contributed by atoms with Crippen molar-refractivity contribution in [3.05, 3.63) is 41.2 Å². The second-order valence-electron chi connectivity index (χ2n) is 6.03. The van der Waals surface area contributed by atoms with E-state index < -0.39 is 12.1 Å². The maximum Gasteiger partial charge on any atom is 0.343 e. The van der Waals surface area contributed by atoms with Crippen molar-refractivity contribution >= 4 is 11.5 Å². The predicted molar refractivity (Wildman–Crippen MR) is 81.8 cm³/mol. The first-order chi connectivity index (χ1) is 10.7. The van der Waals surface area contributed by atoms with Crippen molar-refractivity contribution in [2.24, 2.45) is 5.92 Å². The lowest BCUT2D eigenvalue weighted by Crippen LogP contribution is -2.23. The number of hydrogen-bond acceptors (Lipinski definition) is 4. The second kappa shape index (κ2) is 6.23. The van der Waals surface area contributed by atoms with Crippen LogP contribution in [0.25, 0.3) is 5.57 Å². The highest BCUT2D eigenvalue weighted by molar-refractivity contribution is 6.19. The number of esters is 1. The van der Waals surface area contributed by atoms with E-state index in [2.05, 4.69) is 0 Å². The third-order valence-corrected chi connectivity index (χ3v) is 4.59. The number of hydrogen-bond donors (Lipinski definition) is 1. The summed E-state index contributed by atoms with van der Waals surface area (Å²) < 4.78 is 5.46. The van der Waals surface area contributed by atoms with E-state index in [9.17, 15) is 9.90 Å². The van der Waals surface area contributed by atoms with Gasteiger partial charge < -0.3 is 9.84 Å². The van der Waals surface area contributed by atoms with Gasteiger partial charge in [0.25, 0.3) is 0 Å². The molecule has 0 aromatic heterocycles. The first-order valence-corrected chi connectivity index (χ1v) is 7.85. The Bertz CT molecular complexity index is 631. The summed E-state index contributed by atoms with van der Waals surface area (Å²) in [6.45, 7) is 0. The van der Waals surface area contributed by atoms with Gasteiger partial charge in [-0.3, -0.25) is 0 Å². The smallest absolute Gasteiger partial charge is 0.343 e. The van der Waals surface area contributed by atoms with Crippen LogP contribution in [0.2, 0.25) is 0 Å². The molecule has 0 radical (unpaired) electrons. The zero-order valence-electron chi connectivity index (χ0n) is 12.4. The van der Waals surface area contributed by atoms with Crippen molar-refractivity contribution < 1.29 is 14.6 Å². The van der Waals surface area contributed by atoms with Gasteiger partial charge >= 0.3 is 5.97 Å². The Hall–Kier alpha value is -2.28. The highest BCUT2D eigenvalue weighted by Gasteiger charge is 2.39. The van der Waals surface area contributed by atoms with Crippen LogP contribution < -0.4 is 0 Å². The maximum absolute atomic E-state index is 12.2. The molecule has 2 aliphatic rings. The number of benzene rings is 1. The van der Waals surface area contributed by atoms with Crippen LogP contribution in [0.15, 0.2) is 30.0 Å². The summed E-state index contributed by atoms with van der Waals surface area (Å²) in [6.07, 6.45) is 6.15. The van der Waals surface area contributed by atoms with Gasteiger partial charge in [0.15, 0.2) is 6.10 Å². The summed E-state index contributed by atoms with van der Waals surface area (Å²) in [5.41, 5.74) is 1.38. The summed E-state index contributed by atoms with van der Waals surface area (Å²) >= 11 is 0. The van der Waals surface area contributed by atoms with Gasteiger partial charge in [-0.05, 0) is 30.5 Å². The number of nitriles is 1. The van der Waals surface area contributed by atoms with Crippen LogP contribution in [0, 0.1) is 17.2 Å². The molecule has 1 aliphatic carbocycles. The minimum atomic E-state index is -0.503. The average molecular weight is 297 g/mol. The van der Waals surface area contributed by atoms with Gasteiger partial charge in [0.05, 0.1) is 11.6 Å². The zero-order valence-corrected chi connectivity index (χ0v) is 12.4.